The molecule has 1 unspecified atom stereocenters. The average Bonchev–Trinajstić information content (AvgIpc) is 2.79. The highest BCUT2D eigenvalue weighted by atomic mass is 19.1. The van der Waals surface area contributed by atoms with Crippen molar-refractivity contribution in [3.8, 4) is 11.1 Å². The number of carbonyl (C=O) groups is 2. The van der Waals surface area contributed by atoms with Gasteiger partial charge in [-0.15, -0.1) is 0 Å². The molecule has 2 aliphatic heterocycles. The van der Waals surface area contributed by atoms with Crippen LogP contribution in [0.1, 0.15) is 17.0 Å². The molecule has 1 atom stereocenters. The summed E-state index contributed by atoms with van der Waals surface area (Å²) in [6.07, 6.45) is 0. The topological polar surface area (TPSA) is 82.2 Å². The van der Waals surface area contributed by atoms with Gasteiger partial charge in [0.15, 0.2) is 0 Å². The van der Waals surface area contributed by atoms with Crippen molar-refractivity contribution in [2.75, 3.05) is 53.4 Å². The normalized spacial score (nSPS) is 18.7. The minimum atomic E-state index is -0.395. The lowest BCUT2D eigenvalue weighted by Gasteiger charge is -2.37. The first kappa shape index (κ1) is 22.0. The molecule has 2 N–H and O–H groups in total. The maximum Gasteiger partial charge on any atom is 0.236 e. The van der Waals surface area contributed by atoms with E-state index in [2.05, 4.69) is 9.89 Å². The molecule has 0 bridgehead atoms. The van der Waals surface area contributed by atoms with Crippen LogP contribution in [0.5, 0.6) is 0 Å². The van der Waals surface area contributed by atoms with Crippen molar-refractivity contribution >= 4 is 17.6 Å². The number of rotatable bonds is 4. The third-order valence-corrected chi connectivity index (χ3v) is 6.15. The molecule has 2 amide bonds. The Morgan fingerprint density at radius 2 is 1.81 bits per heavy atom. The van der Waals surface area contributed by atoms with Crippen molar-refractivity contribution in [2.24, 2.45) is 10.7 Å². The summed E-state index contributed by atoms with van der Waals surface area (Å²) in [5.41, 5.74) is 9.32. The second kappa shape index (κ2) is 9.08. The summed E-state index contributed by atoms with van der Waals surface area (Å²) in [4.78, 5) is 35.2. The molecule has 0 aromatic heterocycles. The van der Waals surface area contributed by atoms with Crippen molar-refractivity contribution in [1.29, 1.82) is 0 Å². The number of halogens is 1. The molecule has 32 heavy (non-hydrogen) atoms. The molecule has 1 saturated heterocycles. The number of hydrogen-bond acceptors (Lipinski definition) is 5. The van der Waals surface area contributed by atoms with Crippen LogP contribution in [0.15, 0.2) is 47.5 Å². The van der Waals surface area contributed by atoms with Gasteiger partial charge in [0, 0.05) is 45.8 Å². The zero-order valence-electron chi connectivity index (χ0n) is 18.4. The first-order chi connectivity index (χ1) is 15.3. The van der Waals surface area contributed by atoms with Crippen LogP contribution in [-0.4, -0.2) is 85.7 Å². The summed E-state index contributed by atoms with van der Waals surface area (Å²) in [6.45, 7) is 3.16. The molecule has 0 spiro atoms. The summed E-state index contributed by atoms with van der Waals surface area (Å²) in [7, 11) is 3.49. The van der Waals surface area contributed by atoms with E-state index in [0.717, 1.165) is 22.3 Å². The van der Waals surface area contributed by atoms with E-state index >= 15 is 0 Å². The molecule has 2 aliphatic rings. The van der Waals surface area contributed by atoms with Gasteiger partial charge in [0.1, 0.15) is 11.7 Å². The number of piperazine rings is 1. The van der Waals surface area contributed by atoms with Crippen LogP contribution in [0, 0.1) is 5.82 Å². The van der Waals surface area contributed by atoms with E-state index in [0.29, 0.717) is 45.1 Å². The first-order valence-electron chi connectivity index (χ1n) is 10.7. The molecule has 0 aliphatic carbocycles. The average molecular weight is 438 g/mol. The zero-order valence-corrected chi connectivity index (χ0v) is 18.4. The summed E-state index contributed by atoms with van der Waals surface area (Å²) >= 11 is 0. The Hall–Kier alpha value is -3.26. The molecule has 0 saturated carbocycles. The van der Waals surface area contributed by atoms with Gasteiger partial charge in [0.05, 0.1) is 19.0 Å². The molecule has 168 valence electrons. The molecule has 1 fully saturated rings. The van der Waals surface area contributed by atoms with Crippen LogP contribution in [0.2, 0.25) is 0 Å². The fourth-order valence-electron chi connectivity index (χ4n) is 4.19. The number of amidine groups is 1. The molecule has 2 aromatic carbocycles. The Morgan fingerprint density at radius 3 is 2.50 bits per heavy atom. The largest absolute Gasteiger partial charge is 0.383 e. The van der Waals surface area contributed by atoms with Gasteiger partial charge >= 0.3 is 0 Å². The van der Waals surface area contributed by atoms with Gasteiger partial charge in [-0.05, 0) is 34.9 Å². The minimum Gasteiger partial charge on any atom is -0.383 e. The molecule has 0 radical (unpaired) electrons. The SMILES string of the molecule is CN(C)C(=O)CN1CCN(C(=O)C2CN=C(N)c3cc(-c4cccc(F)c4)ccc32)CC1. The predicted molar refractivity (Wildman–Crippen MR) is 122 cm³/mol. The van der Waals surface area contributed by atoms with Gasteiger partial charge in [-0.25, -0.2) is 4.39 Å². The molecular weight excluding hydrogens is 409 g/mol. The number of carbonyl (C=O) groups excluding carboxylic acids is 2. The Balaban J connectivity index is 1.49. The Labute approximate surface area is 187 Å². The summed E-state index contributed by atoms with van der Waals surface area (Å²) < 4.78 is 13.7. The second-order valence-corrected chi connectivity index (χ2v) is 8.48. The van der Waals surface area contributed by atoms with E-state index < -0.39 is 5.92 Å². The first-order valence-corrected chi connectivity index (χ1v) is 10.7. The number of benzene rings is 2. The number of amides is 2. The number of hydrogen-bond donors (Lipinski definition) is 1. The van der Waals surface area contributed by atoms with E-state index in [-0.39, 0.29) is 17.6 Å². The van der Waals surface area contributed by atoms with E-state index in [1.54, 1.807) is 25.1 Å². The van der Waals surface area contributed by atoms with Gasteiger partial charge in [0.25, 0.3) is 0 Å². The lowest BCUT2D eigenvalue weighted by Crippen LogP contribution is -2.52. The fourth-order valence-corrected chi connectivity index (χ4v) is 4.19. The van der Waals surface area contributed by atoms with Crippen LogP contribution in [0.3, 0.4) is 0 Å². The quantitative estimate of drug-likeness (QED) is 0.787. The minimum absolute atomic E-state index is 0.0274. The van der Waals surface area contributed by atoms with Crippen LogP contribution < -0.4 is 5.73 Å². The van der Waals surface area contributed by atoms with Crippen LogP contribution in [0.25, 0.3) is 11.1 Å². The zero-order chi connectivity index (χ0) is 22.8. The number of nitrogens with zero attached hydrogens (tertiary/aromatic N) is 4. The number of nitrogens with two attached hydrogens (primary N) is 1. The van der Waals surface area contributed by atoms with Crippen LogP contribution >= 0.6 is 0 Å². The van der Waals surface area contributed by atoms with Crippen molar-refractivity contribution in [3.05, 3.63) is 59.4 Å². The highest BCUT2D eigenvalue weighted by Crippen LogP contribution is 2.31. The fraction of sp³-hybridized carbons (Fsp3) is 0.375. The molecule has 7 nitrogen and oxygen atoms in total. The summed E-state index contributed by atoms with van der Waals surface area (Å²) in [6, 6.07) is 12.1. The Morgan fingerprint density at radius 1 is 1.09 bits per heavy atom. The predicted octanol–water partition coefficient (Wildman–Crippen LogP) is 1.53. The highest BCUT2D eigenvalue weighted by Gasteiger charge is 2.33. The van der Waals surface area contributed by atoms with Gasteiger partial charge in [-0.1, -0.05) is 24.3 Å². The number of fused-ring (bicyclic) bond motifs is 1. The van der Waals surface area contributed by atoms with Gasteiger partial charge in [-0.2, -0.15) is 0 Å². The molecule has 8 heteroatoms. The summed E-state index contributed by atoms with van der Waals surface area (Å²) in [5.74, 6) is -0.214. The van der Waals surface area contributed by atoms with E-state index in [4.69, 9.17) is 5.73 Å². The Kier molecular flexibility index (Phi) is 6.23. The van der Waals surface area contributed by atoms with Gasteiger partial charge < -0.3 is 15.5 Å². The Bertz CT molecular complexity index is 1060. The monoisotopic (exact) mass is 437 g/mol. The third kappa shape index (κ3) is 4.50. The number of likely N-dealkylation sites (N-methyl/N-ethyl adjacent to an activating group) is 1. The van der Waals surface area contributed by atoms with E-state index in [1.807, 2.05) is 29.2 Å². The van der Waals surface area contributed by atoms with Crippen molar-refractivity contribution in [1.82, 2.24) is 14.7 Å². The van der Waals surface area contributed by atoms with Gasteiger partial charge in [-0.3, -0.25) is 19.5 Å². The number of aliphatic imine (C=N–C) groups is 1. The van der Waals surface area contributed by atoms with Crippen molar-refractivity contribution in [2.45, 2.75) is 5.92 Å². The molecule has 2 aromatic rings. The van der Waals surface area contributed by atoms with Gasteiger partial charge in [0.2, 0.25) is 11.8 Å². The van der Waals surface area contributed by atoms with Crippen LogP contribution in [0.4, 0.5) is 4.39 Å². The maximum atomic E-state index is 13.7. The van der Waals surface area contributed by atoms with Crippen molar-refractivity contribution in [3.63, 3.8) is 0 Å². The van der Waals surface area contributed by atoms with Crippen molar-refractivity contribution < 1.29 is 14.0 Å². The lowest BCUT2D eigenvalue weighted by molar-refractivity contribution is -0.135. The summed E-state index contributed by atoms with van der Waals surface area (Å²) in [5, 5.41) is 0. The molecular formula is C24H28FN5O2. The second-order valence-electron chi connectivity index (χ2n) is 8.48. The smallest absolute Gasteiger partial charge is 0.236 e. The van der Waals surface area contributed by atoms with E-state index in [1.165, 1.54) is 12.1 Å². The third-order valence-electron chi connectivity index (χ3n) is 6.15. The van der Waals surface area contributed by atoms with Crippen LogP contribution in [-0.2, 0) is 9.59 Å². The highest BCUT2D eigenvalue weighted by molar-refractivity contribution is 6.03. The standard InChI is InChI=1S/C24H28FN5O2/c1-28(2)22(31)15-29-8-10-30(11-9-29)24(32)21-14-27-23(26)20-13-17(6-7-19(20)21)16-4-3-5-18(25)12-16/h3-7,12-13,21H,8-11,14-15H2,1-2H3,(H2,26,27). The lowest BCUT2D eigenvalue weighted by atomic mass is 9.87. The van der Waals surface area contributed by atoms with E-state index in [9.17, 15) is 14.0 Å². The molecule has 4 rings (SSSR count). The molecule has 2 heterocycles. The maximum absolute atomic E-state index is 13.7.